The van der Waals surface area contributed by atoms with Gasteiger partial charge in [0.25, 0.3) is 11.5 Å². The quantitative estimate of drug-likeness (QED) is 0.595. The Morgan fingerprint density at radius 1 is 1.33 bits per heavy atom. The molecule has 1 fully saturated rings. The molecule has 33 heavy (non-hydrogen) atoms. The van der Waals surface area contributed by atoms with Crippen molar-refractivity contribution in [2.24, 2.45) is 0 Å². The normalized spacial score (nSPS) is 21.0. The second-order valence-corrected chi connectivity index (χ2v) is 9.07. The van der Waals surface area contributed by atoms with E-state index in [1.165, 1.54) is 17.5 Å². The molecular weight excluding hydrogens is 456 g/mol. The van der Waals surface area contributed by atoms with Crippen LogP contribution in [0.1, 0.15) is 25.0 Å². The lowest BCUT2D eigenvalue weighted by molar-refractivity contribution is -0.125. The number of rotatable bonds is 4. The van der Waals surface area contributed by atoms with E-state index in [1.54, 1.807) is 17.9 Å². The number of ether oxygens (including phenoxy) is 2. The highest BCUT2D eigenvalue weighted by Gasteiger charge is 2.47. The van der Waals surface area contributed by atoms with Crippen molar-refractivity contribution >= 4 is 32.6 Å². The summed E-state index contributed by atoms with van der Waals surface area (Å²) in [6.07, 6.45) is 1.79. The van der Waals surface area contributed by atoms with Crippen molar-refractivity contribution in [2.75, 3.05) is 31.6 Å². The number of carbonyl (C=O) groups excluding carboxylic acids is 1. The molecular formula is C21H21F2N5O4S. The molecule has 174 valence electrons. The number of aromatic nitrogens is 3. The van der Waals surface area contributed by atoms with Crippen molar-refractivity contribution in [3.05, 3.63) is 40.6 Å². The van der Waals surface area contributed by atoms with Gasteiger partial charge in [-0.15, -0.1) is 0 Å². The smallest absolute Gasteiger partial charge is 0.266 e. The number of anilines is 1. The van der Waals surface area contributed by atoms with Crippen molar-refractivity contribution < 1.29 is 23.0 Å². The molecule has 9 nitrogen and oxygen atoms in total. The molecule has 2 aliphatic rings. The van der Waals surface area contributed by atoms with Gasteiger partial charge in [-0.25, -0.2) is 13.8 Å². The minimum atomic E-state index is -2.99. The van der Waals surface area contributed by atoms with Crippen LogP contribution in [-0.2, 0) is 4.79 Å². The number of hydrogen-bond acceptors (Lipinski definition) is 8. The largest absolute Gasteiger partial charge is 0.486 e. The average Bonchev–Trinajstić information content (AvgIpc) is 3.18. The standard InChI is InChI=1S/C21H21F2N5O4S/c1-11(28-3-2-21(22,23)12(10-28)14-8-25-18(29)9-24-14)19(30)27-20-26-13-6-15-16(7-17(13)33-20)32-5-4-31-15/h6-9,11-12H,2-5,10H2,1H3,(H,25,29)(H,26,27,30)/t11-,12-/m0/s1. The number of halogens is 2. The molecule has 2 atom stereocenters. The van der Waals surface area contributed by atoms with E-state index in [-0.39, 0.29) is 24.7 Å². The summed E-state index contributed by atoms with van der Waals surface area (Å²) in [5, 5.41) is 3.20. The second kappa shape index (κ2) is 8.34. The molecule has 0 aliphatic carbocycles. The number of piperidine rings is 1. The number of amides is 1. The number of fused-ring (bicyclic) bond motifs is 2. The molecule has 4 heterocycles. The number of carbonyl (C=O) groups is 1. The van der Waals surface area contributed by atoms with Gasteiger partial charge in [0.05, 0.1) is 34.1 Å². The zero-order chi connectivity index (χ0) is 23.2. The maximum absolute atomic E-state index is 14.6. The van der Waals surface area contributed by atoms with Crippen LogP contribution in [0, 0.1) is 0 Å². The van der Waals surface area contributed by atoms with Gasteiger partial charge in [-0.05, 0) is 6.92 Å². The molecule has 1 saturated heterocycles. The number of H-pyrrole nitrogens is 1. The topological polar surface area (TPSA) is 109 Å². The van der Waals surface area contributed by atoms with Gasteiger partial charge in [-0.3, -0.25) is 19.5 Å². The lowest BCUT2D eigenvalue weighted by atomic mass is 9.90. The van der Waals surface area contributed by atoms with E-state index in [2.05, 4.69) is 20.3 Å². The van der Waals surface area contributed by atoms with Gasteiger partial charge in [0, 0.05) is 37.8 Å². The third kappa shape index (κ3) is 4.27. The maximum Gasteiger partial charge on any atom is 0.266 e. The monoisotopic (exact) mass is 477 g/mol. The first-order valence-electron chi connectivity index (χ1n) is 10.5. The van der Waals surface area contributed by atoms with Crippen LogP contribution in [0.5, 0.6) is 11.5 Å². The Morgan fingerprint density at radius 2 is 2.09 bits per heavy atom. The molecule has 12 heteroatoms. The molecule has 1 amide bonds. The van der Waals surface area contributed by atoms with Crippen LogP contribution < -0.4 is 20.3 Å². The number of benzene rings is 1. The molecule has 0 unspecified atom stereocenters. The first-order valence-corrected chi connectivity index (χ1v) is 11.3. The number of nitrogens with one attached hydrogen (secondary N) is 2. The highest BCUT2D eigenvalue weighted by Crippen LogP contribution is 2.40. The number of likely N-dealkylation sites (tertiary alicyclic amines) is 1. The van der Waals surface area contributed by atoms with Crippen molar-refractivity contribution in [3.63, 3.8) is 0 Å². The van der Waals surface area contributed by atoms with Gasteiger partial charge in [0.15, 0.2) is 16.6 Å². The van der Waals surface area contributed by atoms with Gasteiger partial charge in [-0.1, -0.05) is 11.3 Å². The predicted octanol–water partition coefficient (Wildman–Crippen LogP) is 2.60. The summed E-state index contributed by atoms with van der Waals surface area (Å²) in [5.41, 5.74) is 0.308. The SMILES string of the molecule is C[C@@H](C(=O)Nc1nc2cc3c(cc2s1)OCCO3)N1CCC(F)(F)[C@H](c2c[nH]c(=O)cn2)C1. The molecule has 0 spiro atoms. The Balaban J connectivity index is 1.30. The van der Waals surface area contributed by atoms with E-state index >= 15 is 0 Å². The fourth-order valence-electron chi connectivity index (χ4n) is 4.03. The van der Waals surface area contributed by atoms with E-state index < -0.39 is 29.9 Å². The Hall–Kier alpha value is -3.12. The third-order valence-electron chi connectivity index (χ3n) is 5.92. The van der Waals surface area contributed by atoms with Gasteiger partial charge in [0.1, 0.15) is 13.2 Å². The average molecular weight is 477 g/mol. The summed E-state index contributed by atoms with van der Waals surface area (Å²) < 4.78 is 41.2. The molecule has 0 radical (unpaired) electrons. The maximum atomic E-state index is 14.6. The fraction of sp³-hybridized carbons (Fsp3) is 0.429. The molecule has 2 aliphatic heterocycles. The number of aromatic amines is 1. The highest BCUT2D eigenvalue weighted by atomic mass is 32.1. The Labute approximate surface area is 190 Å². The van der Waals surface area contributed by atoms with Gasteiger partial charge >= 0.3 is 0 Å². The minimum Gasteiger partial charge on any atom is -0.486 e. The Morgan fingerprint density at radius 3 is 2.82 bits per heavy atom. The molecule has 3 aromatic rings. The van der Waals surface area contributed by atoms with Crippen molar-refractivity contribution in [1.29, 1.82) is 0 Å². The Kier molecular flexibility index (Phi) is 5.49. The summed E-state index contributed by atoms with van der Waals surface area (Å²) in [4.78, 5) is 36.6. The molecule has 2 aromatic heterocycles. The van der Waals surface area contributed by atoms with Crippen LogP contribution >= 0.6 is 11.3 Å². The van der Waals surface area contributed by atoms with Crippen LogP contribution in [0.4, 0.5) is 13.9 Å². The summed E-state index contributed by atoms with van der Waals surface area (Å²) in [6, 6.07) is 2.93. The molecule has 2 N–H and O–H groups in total. The molecule has 5 rings (SSSR count). The number of hydrogen-bond donors (Lipinski definition) is 2. The highest BCUT2D eigenvalue weighted by molar-refractivity contribution is 7.22. The van der Waals surface area contributed by atoms with Gasteiger partial charge in [0.2, 0.25) is 5.91 Å². The zero-order valence-electron chi connectivity index (χ0n) is 17.6. The molecule has 1 aromatic carbocycles. The number of thiazole rings is 1. The van der Waals surface area contributed by atoms with Crippen molar-refractivity contribution in [3.8, 4) is 11.5 Å². The number of nitrogens with zero attached hydrogens (tertiary/aromatic N) is 3. The van der Waals surface area contributed by atoms with E-state index in [4.69, 9.17) is 9.47 Å². The Bertz CT molecular complexity index is 1200. The van der Waals surface area contributed by atoms with Crippen LogP contribution in [-0.4, -0.2) is 64.0 Å². The minimum absolute atomic E-state index is 0.0582. The fourth-order valence-corrected chi connectivity index (χ4v) is 4.90. The third-order valence-corrected chi connectivity index (χ3v) is 6.85. The lowest BCUT2D eigenvalue weighted by Crippen LogP contribution is -2.52. The predicted molar refractivity (Wildman–Crippen MR) is 117 cm³/mol. The van der Waals surface area contributed by atoms with Crippen LogP contribution in [0.15, 0.2) is 29.3 Å². The molecule has 0 bridgehead atoms. The van der Waals surface area contributed by atoms with Crippen molar-refractivity contribution in [2.45, 2.75) is 31.2 Å². The summed E-state index contributed by atoms with van der Waals surface area (Å²) in [7, 11) is 0. The summed E-state index contributed by atoms with van der Waals surface area (Å²) in [5.74, 6) is -3.31. The van der Waals surface area contributed by atoms with Crippen LogP contribution in [0.25, 0.3) is 10.2 Å². The van der Waals surface area contributed by atoms with E-state index in [1.807, 2.05) is 6.07 Å². The first-order chi connectivity index (χ1) is 15.8. The second-order valence-electron chi connectivity index (χ2n) is 8.04. The van der Waals surface area contributed by atoms with E-state index in [0.717, 1.165) is 10.9 Å². The van der Waals surface area contributed by atoms with Crippen LogP contribution in [0.3, 0.4) is 0 Å². The lowest BCUT2D eigenvalue weighted by Gasteiger charge is -2.40. The zero-order valence-corrected chi connectivity index (χ0v) is 18.5. The summed E-state index contributed by atoms with van der Waals surface area (Å²) >= 11 is 1.30. The van der Waals surface area contributed by atoms with Crippen molar-refractivity contribution in [1.82, 2.24) is 19.9 Å². The number of alkyl halides is 2. The summed E-state index contributed by atoms with van der Waals surface area (Å²) in [6.45, 7) is 2.60. The van der Waals surface area contributed by atoms with Crippen LogP contribution in [0.2, 0.25) is 0 Å². The van der Waals surface area contributed by atoms with Gasteiger partial charge < -0.3 is 19.8 Å². The van der Waals surface area contributed by atoms with E-state index in [0.29, 0.717) is 35.4 Å². The molecule has 0 saturated carbocycles. The first kappa shape index (κ1) is 21.7. The van der Waals surface area contributed by atoms with Gasteiger partial charge in [-0.2, -0.15) is 0 Å². The van der Waals surface area contributed by atoms with E-state index in [9.17, 15) is 18.4 Å².